The van der Waals surface area contributed by atoms with E-state index in [0.29, 0.717) is 30.9 Å². The number of hydrogen-bond acceptors (Lipinski definition) is 4. The average Bonchev–Trinajstić information content (AvgIpc) is 2.52. The molecule has 0 aromatic heterocycles. The van der Waals surface area contributed by atoms with Gasteiger partial charge < -0.3 is 10.0 Å². The number of carbonyl (C=O) groups is 1. The minimum absolute atomic E-state index is 0.0944. The van der Waals surface area contributed by atoms with Crippen molar-refractivity contribution in [3.05, 3.63) is 29.3 Å². The van der Waals surface area contributed by atoms with Crippen LogP contribution in [0.4, 0.5) is 5.69 Å². The normalized spacial score (nSPS) is 21.9. The lowest BCUT2D eigenvalue weighted by Crippen LogP contribution is -2.42. The van der Waals surface area contributed by atoms with E-state index in [1.807, 2.05) is 0 Å². The molecular formula is C16H22N2O4S. The lowest BCUT2D eigenvalue weighted by Gasteiger charge is -2.32. The van der Waals surface area contributed by atoms with Crippen LogP contribution in [0.15, 0.2) is 18.2 Å². The molecule has 0 radical (unpaired) electrons. The number of fused-ring (bicyclic) bond motifs is 1. The number of aliphatic hydroxyl groups excluding tert-OH is 1. The fraction of sp³-hybridized carbons (Fsp3) is 0.562. The number of anilines is 1. The van der Waals surface area contributed by atoms with Crippen LogP contribution in [-0.4, -0.2) is 56.3 Å². The minimum Gasteiger partial charge on any atom is -0.391 e. The van der Waals surface area contributed by atoms with E-state index in [2.05, 4.69) is 0 Å². The van der Waals surface area contributed by atoms with Gasteiger partial charge in [-0.25, -0.2) is 8.42 Å². The van der Waals surface area contributed by atoms with Crippen molar-refractivity contribution >= 4 is 21.6 Å². The maximum Gasteiger partial charge on any atom is 0.253 e. The first-order chi connectivity index (χ1) is 10.9. The molecule has 1 atom stereocenters. The fourth-order valence-corrected chi connectivity index (χ4v) is 4.36. The third-order valence-electron chi connectivity index (χ3n) is 4.49. The number of rotatable bonds is 2. The summed E-state index contributed by atoms with van der Waals surface area (Å²) in [6, 6.07) is 5.21. The highest BCUT2D eigenvalue weighted by molar-refractivity contribution is 7.92. The van der Waals surface area contributed by atoms with Crippen LogP contribution in [0, 0.1) is 0 Å². The Morgan fingerprint density at radius 1 is 1.26 bits per heavy atom. The third-order valence-corrected chi connectivity index (χ3v) is 5.67. The number of β-amino-alcohol motifs (C(OH)–C–C–N with tert-alkyl or cyclic N) is 1. The molecule has 3 rings (SSSR count). The monoisotopic (exact) mass is 338 g/mol. The summed E-state index contributed by atoms with van der Waals surface area (Å²) in [4.78, 5) is 14.3. The van der Waals surface area contributed by atoms with Gasteiger partial charge in [0.25, 0.3) is 5.91 Å². The highest BCUT2D eigenvalue weighted by Crippen LogP contribution is 2.30. The lowest BCUT2D eigenvalue weighted by atomic mass is 9.99. The van der Waals surface area contributed by atoms with Crippen LogP contribution in [0.1, 0.15) is 35.2 Å². The Morgan fingerprint density at radius 2 is 2.04 bits per heavy atom. The second-order valence-electron chi connectivity index (χ2n) is 6.33. The summed E-state index contributed by atoms with van der Waals surface area (Å²) in [5, 5.41) is 9.72. The second kappa shape index (κ2) is 6.13. The van der Waals surface area contributed by atoms with E-state index >= 15 is 0 Å². The summed E-state index contributed by atoms with van der Waals surface area (Å²) in [6.45, 7) is 1.51. The van der Waals surface area contributed by atoms with Crippen molar-refractivity contribution in [1.29, 1.82) is 0 Å². The predicted molar refractivity (Wildman–Crippen MR) is 88.1 cm³/mol. The number of piperidine rings is 1. The highest BCUT2D eigenvalue weighted by Gasteiger charge is 2.27. The van der Waals surface area contributed by atoms with Crippen LogP contribution in [0.3, 0.4) is 0 Å². The molecule has 1 aromatic carbocycles. The van der Waals surface area contributed by atoms with E-state index in [1.54, 1.807) is 23.1 Å². The molecule has 2 heterocycles. The molecule has 0 unspecified atom stereocenters. The van der Waals surface area contributed by atoms with Crippen LogP contribution < -0.4 is 4.31 Å². The molecule has 7 heteroatoms. The SMILES string of the molecule is CS(=O)(=O)N1CCCc2cc(C(=O)N3CCC[C@@H](O)C3)ccc21. The molecule has 0 saturated carbocycles. The fourth-order valence-electron chi connectivity index (χ4n) is 3.36. The first kappa shape index (κ1) is 16.3. The van der Waals surface area contributed by atoms with Gasteiger partial charge in [0.15, 0.2) is 0 Å². The van der Waals surface area contributed by atoms with Crippen LogP contribution in [-0.2, 0) is 16.4 Å². The van der Waals surface area contributed by atoms with Crippen molar-refractivity contribution in [3.63, 3.8) is 0 Å². The van der Waals surface area contributed by atoms with Gasteiger partial charge in [0.05, 0.1) is 18.0 Å². The van der Waals surface area contributed by atoms with Crippen LogP contribution in [0.5, 0.6) is 0 Å². The Kier molecular flexibility index (Phi) is 4.33. The number of carbonyl (C=O) groups excluding carboxylic acids is 1. The summed E-state index contributed by atoms with van der Waals surface area (Å²) < 4.78 is 25.2. The molecule has 2 aliphatic rings. The molecule has 1 fully saturated rings. The van der Waals surface area contributed by atoms with Crippen molar-refractivity contribution < 1.29 is 18.3 Å². The van der Waals surface area contributed by atoms with Crippen molar-refractivity contribution in [2.75, 3.05) is 30.2 Å². The van der Waals surface area contributed by atoms with E-state index in [0.717, 1.165) is 31.2 Å². The minimum atomic E-state index is -3.30. The molecule has 0 spiro atoms. The molecule has 126 valence electrons. The van der Waals surface area contributed by atoms with Crippen LogP contribution in [0.25, 0.3) is 0 Å². The molecule has 6 nitrogen and oxygen atoms in total. The highest BCUT2D eigenvalue weighted by atomic mass is 32.2. The van der Waals surface area contributed by atoms with Gasteiger partial charge in [-0.15, -0.1) is 0 Å². The topological polar surface area (TPSA) is 77.9 Å². The van der Waals surface area contributed by atoms with Crippen LogP contribution in [0.2, 0.25) is 0 Å². The number of likely N-dealkylation sites (tertiary alicyclic amines) is 1. The number of sulfonamides is 1. The molecule has 1 N–H and O–H groups in total. The smallest absolute Gasteiger partial charge is 0.253 e. The zero-order valence-corrected chi connectivity index (χ0v) is 14.1. The Bertz CT molecular complexity index is 717. The van der Waals surface area contributed by atoms with Gasteiger partial charge in [-0.05, 0) is 49.4 Å². The lowest BCUT2D eigenvalue weighted by molar-refractivity contribution is 0.0473. The number of amides is 1. The van der Waals surface area contributed by atoms with Crippen molar-refractivity contribution in [2.24, 2.45) is 0 Å². The Balaban J connectivity index is 1.87. The van der Waals surface area contributed by atoms with Crippen molar-refractivity contribution in [3.8, 4) is 0 Å². The Labute approximate surface area is 136 Å². The number of aliphatic hydroxyl groups is 1. The van der Waals surface area contributed by atoms with Gasteiger partial charge in [0, 0.05) is 25.2 Å². The maximum atomic E-state index is 12.6. The summed E-state index contributed by atoms with van der Waals surface area (Å²) in [7, 11) is -3.30. The van der Waals surface area contributed by atoms with E-state index < -0.39 is 16.1 Å². The number of nitrogens with zero attached hydrogens (tertiary/aromatic N) is 2. The van der Waals surface area contributed by atoms with Crippen molar-refractivity contribution in [1.82, 2.24) is 4.90 Å². The summed E-state index contributed by atoms with van der Waals surface area (Å²) >= 11 is 0. The largest absolute Gasteiger partial charge is 0.391 e. The van der Waals surface area contributed by atoms with Crippen molar-refractivity contribution in [2.45, 2.75) is 31.8 Å². The molecule has 1 aromatic rings. The molecule has 2 aliphatic heterocycles. The molecule has 1 amide bonds. The summed E-state index contributed by atoms with van der Waals surface area (Å²) in [6.07, 6.45) is 3.81. The standard InChI is InChI=1S/C16H22N2O4S/c1-23(21,22)18-9-2-4-12-10-13(6-7-15(12)18)16(20)17-8-3-5-14(19)11-17/h6-7,10,14,19H,2-5,8-9,11H2,1H3/t14-/m1/s1. The second-order valence-corrected chi connectivity index (χ2v) is 8.24. The van der Waals surface area contributed by atoms with E-state index in [1.165, 1.54) is 10.6 Å². The van der Waals surface area contributed by atoms with Gasteiger partial charge in [0.1, 0.15) is 0 Å². The first-order valence-electron chi connectivity index (χ1n) is 7.94. The van der Waals surface area contributed by atoms with Gasteiger partial charge in [0.2, 0.25) is 10.0 Å². The van der Waals surface area contributed by atoms with Gasteiger partial charge in [-0.2, -0.15) is 0 Å². The number of hydrogen-bond donors (Lipinski definition) is 1. The van der Waals surface area contributed by atoms with Gasteiger partial charge in [-0.3, -0.25) is 9.10 Å². The predicted octanol–water partition coefficient (Wildman–Crippen LogP) is 0.996. The first-order valence-corrected chi connectivity index (χ1v) is 9.79. The van der Waals surface area contributed by atoms with Crippen LogP contribution >= 0.6 is 0 Å². The zero-order valence-electron chi connectivity index (χ0n) is 13.2. The third kappa shape index (κ3) is 3.35. The number of benzene rings is 1. The Hall–Kier alpha value is -1.60. The van der Waals surface area contributed by atoms with E-state index in [4.69, 9.17) is 0 Å². The average molecular weight is 338 g/mol. The molecule has 1 saturated heterocycles. The van der Waals surface area contributed by atoms with Gasteiger partial charge in [-0.1, -0.05) is 0 Å². The summed E-state index contributed by atoms with van der Waals surface area (Å²) in [5.41, 5.74) is 2.13. The van der Waals surface area contributed by atoms with Gasteiger partial charge >= 0.3 is 0 Å². The quantitative estimate of drug-likeness (QED) is 0.872. The van der Waals surface area contributed by atoms with E-state index in [-0.39, 0.29) is 5.91 Å². The number of aryl methyl sites for hydroxylation is 1. The Morgan fingerprint density at radius 3 is 2.74 bits per heavy atom. The molecule has 23 heavy (non-hydrogen) atoms. The zero-order chi connectivity index (χ0) is 16.6. The van der Waals surface area contributed by atoms with E-state index in [9.17, 15) is 18.3 Å². The molecule has 0 bridgehead atoms. The maximum absolute atomic E-state index is 12.6. The molecular weight excluding hydrogens is 316 g/mol. The molecule has 0 aliphatic carbocycles. The summed E-state index contributed by atoms with van der Waals surface area (Å²) in [5.74, 6) is -0.0944.